The van der Waals surface area contributed by atoms with Crippen molar-refractivity contribution in [1.82, 2.24) is 9.80 Å². The molecule has 0 aliphatic carbocycles. The van der Waals surface area contributed by atoms with E-state index in [0.29, 0.717) is 13.0 Å². The van der Waals surface area contributed by atoms with Crippen molar-refractivity contribution in [2.75, 3.05) is 46.4 Å². The molecule has 2 aromatic rings. The predicted molar refractivity (Wildman–Crippen MR) is 106 cm³/mol. The maximum Gasteiger partial charge on any atom is 0.226 e. The molecule has 1 fully saturated rings. The average molecular weight is 368 g/mol. The summed E-state index contributed by atoms with van der Waals surface area (Å²) in [6, 6.07) is 17.8. The Labute approximate surface area is 161 Å². The molecule has 1 aliphatic rings. The Morgan fingerprint density at radius 1 is 0.963 bits per heavy atom. The summed E-state index contributed by atoms with van der Waals surface area (Å²) in [7, 11) is 1.71. The van der Waals surface area contributed by atoms with Gasteiger partial charge in [0.2, 0.25) is 5.91 Å². The Morgan fingerprint density at radius 2 is 1.67 bits per heavy atom. The summed E-state index contributed by atoms with van der Waals surface area (Å²) in [6.45, 7) is 4.82. The lowest BCUT2D eigenvalue weighted by molar-refractivity contribution is -0.133. The van der Waals surface area contributed by atoms with Crippen LogP contribution in [-0.2, 0) is 11.2 Å². The van der Waals surface area contributed by atoms with E-state index in [9.17, 15) is 4.79 Å². The highest BCUT2D eigenvalue weighted by molar-refractivity contribution is 5.76. The zero-order chi connectivity index (χ0) is 18.9. The third kappa shape index (κ3) is 5.73. The van der Waals surface area contributed by atoms with Gasteiger partial charge >= 0.3 is 0 Å². The maximum absolute atomic E-state index is 12.4. The Morgan fingerprint density at radius 3 is 2.41 bits per heavy atom. The van der Waals surface area contributed by atoms with Crippen molar-refractivity contribution in [3.05, 3.63) is 60.2 Å². The van der Waals surface area contributed by atoms with Gasteiger partial charge in [-0.3, -0.25) is 9.69 Å². The van der Waals surface area contributed by atoms with E-state index >= 15 is 0 Å². The first-order chi connectivity index (χ1) is 13.3. The molecular weight excluding hydrogens is 340 g/mol. The van der Waals surface area contributed by atoms with Gasteiger partial charge in [-0.25, -0.2) is 0 Å². The quantitative estimate of drug-likeness (QED) is 0.719. The molecule has 0 aromatic heterocycles. The number of piperazine rings is 1. The number of methoxy groups -OCH3 is 1. The molecule has 0 N–H and O–H groups in total. The van der Waals surface area contributed by atoms with Crippen molar-refractivity contribution in [1.29, 1.82) is 0 Å². The number of hydrogen-bond donors (Lipinski definition) is 0. The van der Waals surface area contributed by atoms with Gasteiger partial charge in [0.15, 0.2) is 0 Å². The highest BCUT2D eigenvalue weighted by Gasteiger charge is 2.21. The van der Waals surface area contributed by atoms with Gasteiger partial charge in [0.1, 0.15) is 11.5 Å². The Bertz CT molecular complexity index is 713. The number of ether oxygens (including phenoxy) is 2. The number of carbonyl (C=O) groups is 1. The summed E-state index contributed by atoms with van der Waals surface area (Å²) < 4.78 is 11.0. The standard InChI is InChI=1S/C22H28N2O3/c1-26-21-10-6-5-7-19(21)11-13-23-14-16-24(17-15-23)22(25)12-18-27-20-8-3-2-4-9-20/h2-10H,11-18H2,1H3. The summed E-state index contributed by atoms with van der Waals surface area (Å²) in [5.74, 6) is 1.94. The van der Waals surface area contributed by atoms with Crippen molar-refractivity contribution in [3.63, 3.8) is 0 Å². The number of amides is 1. The fraction of sp³-hybridized carbons (Fsp3) is 0.409. The zero-order valence-electron chi connectivity index (χ0n) is 16.0. The first kappa shape index (κ1) is 19.2. The molecule has 5 nitrogen and oxygen atoms in total. The second-order valence-electron chi connectivity index (χ2n) is 6.70. The first-order valence-corrected chi connectivity index (χ1v) is 9.56. The van der Waals surface area contributed by atoms with Crippen LogP contribution in [0.2, 0.25) is 0 Å². The van der Waals surface area contributed by atoms with Gasteiger partial charge < -0.3 is 14.4 Å². The summed E-state index contributed by atoms with van der Waals surface area (Å²) in [5, 5.41) is 0. The van der Waals surface area contributed by atoms with E-state index in [1.54, 1.807) is 7.11 Å². The van der Waals surface area contributed by atoms with E-state index in [1.165, 1.54) is 5.56 Å². The molecule has 27 heavy (non-hydrogen) atoms. The molecule has 5 heteroatoms. The minimum atomic E-state index is 0.176. The highest BCUT2D eigenvalue weighted by Crippen LogP contribution is 2.18. The van der Waals surface area contributed by atoms with E-state index < -0.39 is 0 Å². The second kappa shape index (κ2) is 9.97. The topological polar surface area (TPSA) is 42.0 Å². The van der Waals surface area contributed by atoms with E-state index in [1.807, 2.05) is 53.4 Å². The van der Waals surface area contributed by atoms with Crippen LogP contribution in [0.3, 0.4) is 0 Å². The van der Waals surface area contributed by atoms with Crippen LogP contribution in [-0.4, -0.2) is 62.1 Å². The molecule has 0 saturated carbocycles. The fourth-order valence-electron chi connectivity index (χ4n) is 3.34. The molecule has 144 valence electrons. The number of carbonyl (C=O) groups excluding carboxylic acids is 1. The van der Waals surface area contributed by atoms with Gasteiger partial charge in [0.05, 0.1) is 20.1 Å². The number of nitrogens with zero attached hydrogens (tertiary/aromatic N) is 2. The van der Waals surface area contributed by atoms with E-state index in [2.05, 4.69) is 11.0 Å². The molecule has 1 saturated heterocycles. The van der Waals surface area contributed by atoms with Crippen LogP contribution in [0.25, 0.3) is 0 Å². The van der Waals surface area contributed by atoms with Gasteiger partial charge in [0.25, 0.3) is 0 Å². The lowest BCUT2D eigenvalue weighted by Crippen LogP contribution is -2.49. The smallest absolute Gasteiger partial charge is 0.226 e. The molecule has 0 spiro atoms. The third-order valence-corrected chi connectivity index (χ3v) is 4.94. The molecule has 1 amide bonds. The minimum Gasteiger partial charge on any atom is -0.496 e. The second-order valence-corrected chi connectivity index (χ2v) is 6.70. The fourth-order valence-corrected chi connectivity index (χ4v) is 3.34. The van der Waals surface area contributed by atoms with Crippen LogP contribution >= 0.6 is 0 Å². The van der Waals surface area contributed by atoms with Crippen molar-refractivity contribution in [2.24, 2.45) is 0 Å². The molecule has 0 bridgehead atoms. The molecule has 3 rings (SSSR count). The number of para-hydroxylation sites is 2. The van der Waals surface area contributed by atoms with Crippen molar-refractivity contribution in [2.45, 2.75) is 12.8 Å². The molecule has 2 aromatic carbocycles. The van der Waals surface area contributed by atoms with Crippen LogP contribution in [0.5, 0.6) is 11.5 Å². The lowest BCUT2D eigenvalue weighted by atomic mass is 10.1. The molecule has 1 heterocycles. The summed E-state index contributed by atoms with van der Waals surface area (Å²) in [5.41, 5.74) is 1.23. The van der Waals surface area contributed by atoms with Gasteiger partial charge in [0, 0.05) is 32.7 Å². The van der Waals surface area contributed by atoms with Crippen LogP contribution in [0.1, 0.15) is 12.0 Å². The van der Waals surface area contributed by atoms with Crippen LogP contribution in [0.4, 0.5) is 0 Å². The van der Waals surface area contributed by atoms with E-state index in [4.69, 9.17) is 9.47 Å². The maximum atomic E-state index is 12.4. The van der Waals surface area contributed by atoms with Gasteiger partial charge in [-0.05, 0) is 30.2 Å². The summed E-state index contributed by atoms with van der Waals surface area (Å²) >= 11 is 0. The lowest BCUT2D eigenvalue weighted by Gasteiger charge is -2.34. The Balaban J connectivity index is 1.36. The van der Waals surface area contributed by atoms with Crippen LogP contribution < -0.4 is 9.47 Å². The van der Waals surface area contributed by atoms with Crippen LogP contribution in [0.15, 0.2) is 54.6 Å². The zero-order valence-corrected chi connectivity index (χ0v) is 16.0. The minimum absolute atomic E-state index is 0.176. The number of rotatable bonds is 8. The summed E-state index contributed by atoms with van der Waals surface area (Å²) in [6.07, 6.45) is 1.39. The van der Waals surface area contributed by atoms with Gasteiger partial charge in [-0.1, -0.05) is 36.4 Å². The molecular formula is C22H28N2O3. The van der Waals surface area contributed by atoms with Crippen molar-refractivity contribution < 1.29 is 14.3 Å². The molecule has 0 atom stereocenters. The normalized spacial score (nSPS) is 14.8. The van der Waals surface area contributed by atoms with Crippen LogP contribution in [0, 0.1) is 0 Å². The van der Waals surface area contributed by atoms with Crippen molar-refractivity contribution in [3.8, 4) is 11.5 Å². The highest BCUT2D eigenvalue weighted by atomic mass is 16.5. The Hall–Kier alpha value is -2.53. The monoisotopic (exact) mass is 368 g/mol. The van der Waals surface area contributed by atoms with Gasteiger partial charge in [-0.2, -0.15) is 0 Å². The molecule has 0 unspecified atom stereocenters. The van der Waals surface area contributed by atoms with E-state index in [0.717, 1.165) is 50.6 Å². The average Bonchev–Trinajstić information content (AvgIpc) is 2.73. The van der Waals surface area contributed by atoms with Crippen molar-refractivity contribution >= 4 is 5.91 Å². The predicted octanol–water partition coefficient (Wildman–Crippen LogP) is 2.85. The molecule has 1 aliphatic heterocycles. The number of hydrogen-bond acceptors (Lipinski definition) is 4. The Kier molecular flexibility index (Phi) is 7.11. The van der Waals surface area contributed by atoms with E-state index in [-0.39, 0.29) is 5.91 Å². The largest absolute Gasteiger partial charge is 0.496 e. The van der Waals surface area contributed by atoms with Gasteiger partial charge in [-0.15, -0.1) is 0 Å². The number of benzene rings is 2. The first-order valence-electron chi connectivity index (χ1n) is 9.56. The summed E-state index contributed by atoms with van der Waals surface area (Å²) in [4.78, 5) is 16.7. The SMILES string of the molecule is COc1ccccc1CCN1CCN(C(=O)CCOc2ccccc2)CC1. The third-order valence-electron chi connectivity index (χ3n) is 4.94. The molecule has 0 radical (unpaired) electrons.